The molecule has 0 unspecified atom stereocenters. The fourth-order valence-corrected chi connectivity index (χ4v) is 2.27. The average molecular weight is 280 g/mol. The Bertz CT molecular complexity index is 717. The Hall–Kier alpha value is -1.85. The number of halogens is 2. The van der Waals surface area contributed by atoms with Crippen LogP contribution in [0.1, 0.15) is 0 Å². The number of H-pyrrole nitrogens is 1. The third-order valence-electron chi connectivity index (χ3n) is 2.52. The van der Waals surface area contributed by atoms with Gasteiger partial charge < -0.3 is 10.7 Å². The van der Waals surface area contributed by atoms with E-state index in [-0.39, 0.29) is 0 Å². The molecule has 0 saturated heterocycles. The lowest BCUT2D eigenvalue weighted by atomic mass is 10.2. The highest BCUT2D eigenvalue weighted by Gasteiger charge is 2.14. The van der Waals surface area contributed by atoms with Crippen molar-refractivity contribution in [1.82, 2.24) is 19.9 Å². The van der Waals surface area contributed by atoms with Gasteiger partial charge in [0.2, 0.25) is 0 Å². The van der Waals surface area contributed by atoms with E-state index in [0.29, 0.717) is 38.4 Å². The summed E-state index contributed by atoms with van der Waals surface area (Å²) in [5.41, 5.74) is 7.41. The highest BCUT2D eigenvalue weighted by atomic mass is 35.5. The van der Waals surface area contributed by atoms with Crippen LogP contribution in [0, 0.1) is 0 Å². The molecule has 2 heterocycles. The minimum atomic E-state index is 0.335. The van der Waals surface area contributed by atoms with Crippen LogP contribution in [0.3, 0.4) is 0 Å². The summed E-state index contributed by atoms with van der Waals surface area (Å²) >= 11 is 12.2. The average Bonchev–Trinajstić information content (AvgIpc) is 2.74. The van der Waals surface area contributed by atoms with Gasteiger partial charge in [-0.1, -0.05) is 29.3 Å². The van der Waals surface area contributed by atoms with Crippen molar-refractivity contribution in [3.63, 3.8) is 0 Å². The number of rotatable bonds is 1. The maximum absolute atomic E-state index is 6.12. The molecule has 5 nitrogen and oxygen atoms in total. The smallest absolute Gasteiger partial charge is 0.183 e. The Morgan fingerprint density at radius 3 is 2.50 bits per heavy atom. The molecule has 0 bridgehead atoms. The largest absolute Gasteiger partial charge is 0.382 e. The van der Waals surface area contributed by atoms with E-state index < -0.39 is 0 Å². The first kappa shape index (κ1) is 11.3. The number of fused-ring (bicyclic) bond motifs is 1. The lowest BCUT2D eigenvalue weighted by Crippen LogP contribution is -1.91. The number of nitrogens with one attached hydrogen (secondary N) is 1. The van der Waals surface area contributed by atoms with Crippen molar-refractivity contribution in [2.75, 3.05) is 5.73 Å². The molecular formula is C11H7Cl2N5. The SMILES string of the molecule is Nc1ncnc2nc(-c3c(Cl)cccc3Cl)[nH]c12. The Morgan fingerprint density at radius 1 is 1.11 bits per heavy atom. The Kier molecular flexibility index (Phi) is 2.57. The number of hydrogen-bond acceptors (Lipinski definition) is 4. The molecule has 7 heteroatoms. The van der Waals surface area contributed by atoms with Gasteiger partial charge in [-0.25, -0.2) is 15.0 Å². The van der Waals surface area contributed by atoms with Crippen molar-refractivity contribution in [1.29, 1.82) is 0 Å². The van der Waals surface area contributed by atoms with E-state index in [1.165, 1.54) is 6.33 Å². The summed E-state index contributed by atoms with van der Waals surface area (Å²) in [6.45, 7) is 0. The number of nitrogens with two attached hydrogens (primary N) is 1. The number of nitrogen functional groups attached to an aromatic ring is 1. The molecule has 0 amide bonds. The molecule has 90 valence electrons. The monoisotopic (exact) mass is 279 g/mol. The van der Waals surface area contributed by atoms with Gasteiger partial charge in [-0.05, 0) is 12.1 Å². The summed E-state index contributed by atoms with van der Waals surface area (Å²) in [5.74, 6) is 0.856. The normalized spacial score (nSPS) is 11.0. The van der Waals surface area contributed by atoms with Crippen LogP contribution in [-0.2, 0) is 0 Å². The van der Waals surface area contributed by atoms with Crippen molar-refractivity contribution in [2.45, 2.75) is 0 Å². The lowest BCUT2D eigenvalue weighted by Gasteiger charge is -2.02. The predicted octanol–water partition coefficient (Wildman–Crippen LogP) is 2.91. The first-order valence-electron chi connectivity index (χ1n) is 5.07. The summed E-state index contributed by atoms with van der Waals surface area (Å²) in [4.78, 5) is 15.3. The Morgan fingerprint density at radius 2 is 1.83 bits per heavy atom. The maximum Gasteiger partial charge on any atom is 0.183 e. The number of nitrogens with zero attached hydrogens (tertiary/aromatic N) is 3. The van der Waals surface area contributed by atoms with Crippen molar-refractivity contribution < 1.29 is 0 Å². The van der Waals surface area contributed by atoms with Gasteiger partial charge in [0.1, 0.15) is 17.7 Å². The van der Waals surface area contributed by atoms with E-state index in [9.17, 15) is 0 Å². The molecular weight excluding hydrogens is 273 g/mol. The molecule has 0 saturated carbocycles. The zero-order chi connectivity index (χ0) is 12.7. The molecule has 3 aromatic rings. The summed E-state index contributed by atoms with van der Waals surface area (Å²) in [7, 11) is 0. The second-order valence-corrected chi connectivity index (χ2v) is 4.45. The molecule has 0 radical (unpaired) electrons. The van der Waals surface area contributed by atoms with Crippen LogP contribution in [0.25, 0.3) is 22.6 Å². The molecule has 1 aromatic carbocycles. The number of imidazole rings is 1. The molecule has 0 fully saturated rings. The van der Waals surface area contributed by atoms with Crippen LogP contribution >= 0.6 is 23.2 Å². The number of aromatic amines is 1. The molecule has 18 heavy (non-hydrogen) atoms. The zero-order valence-corrected chi connectivity index (χ0v) is 10.5. The zero-order valence-electron chi connectivity index (χ0n) is 8.98. The van der Waals surface area contributed by atoms with E-state index in [1.54, 1.807) is 18.2 Å². The molecule has 0 atom stereocenters. The fourth-order valence-electron chi connectivity index (χ4n) is 1.69. The molecule has 3 N–H and O–H groups in total. The molecule has 0 spiro atoms. The Balaban J connectivity index is 2.30. The van der Waals surface area contributed by atoms with E-state index in [1.807, 2.05) is 0 Å². The Labute approximate surface area is 112 Å². The fraction of sp³-hybridized carbons (Fsp3) is 0. The van der Waals surface area contributed by atoms with Gasteiger partial charge in [0, 0.05) is 0 Å². The van der Waals surface area contributed by atoms with Gasteiger partial charge in [-0.15, -0.1) is 0 Å². The summed E-state index contributed by atoms with van der Waals surface area (Å²) < 4.78 is 0. The van der Waals surface area contributed by atoms with Crippen LogP contribution in [0.2, 0.25) is 10.0 Å². The molecule has 0 aliphatic heterocycles. The minimum absolute atomic E-state index is 0.335. The van der Waals surface area contributed by atoms with E-state index >= 15 is 0 Å². The van der Waals surface area contributed by atoms with Gasteiger partial charge in [-0.2, -0.15) is 0 Å². The number of benzene rings is 1. The van der Waals surface area contributed by atoms with Gasteiger partial charge >= 0.3 is 0 Å². The first-order chi connectivity index (χ1) is 8.66. The number of anilines is 1. The quantitative estimate of drug-likeness (QED) is 0.718. The topological polar surface area (TPSA) is 80.5 Å². The standard InChI is InChI=1S/C11H7Cl2N5/c12-5-2-1-3-6(13)7(5)10-17-8-9(14)15-4-16-11(8)18-10/h1-4H,(H3,14,15,16,17,18). The second-order valence-electron chi connectivity index (χ2n) is 3.64. The molecule has 0 aliphatic carbocycles. The third kappa shape index (κ3) is 1.68. The van der Waals surface area contributed by atoms with Crippen molar-refractivity contribution in [2.24, 2.45) is 0 Å². The van der Waals surface area contributed by atoms with Gasteiger partial charge in [0.25, 0.3) is 0 Å². The highest BCUT2D eigenvalue weighted by molar-refractivity contribution is 6.39. The lowest BCUT2D eigenvalue weighted by molar-refractivity contribution is 1.21. The van der Waals surface area contributed by atoms with Crippen molar-refractivity contribution >= 4 is 40.2 Å². The van der Waals surface area contributed by atoms with E-state index in [4.69, 9.17) is 28.9 Å². The molecule has 2 aromatic heterocycles. The molecule has 0 aliphatic rings. The number of hydrogen-bond donors (Lipinski definition) is 2. The maximum atomic E-state index is 6.12. The van der Waals surface area contributed by atoms with Crippen LogP contribution in [-0.4, -0.2) is 19.9 Å². The van der Waals surface area contributed by atoms with Crippen molar-refractivity contribution in [3.8, 4) is 11.4 Å². The van der Waals surface area contributed by atoms with Gasteiger partial charge in [0.15, 0.2) is 11.5 Å². The van der Waals surface area contributed by atoms with Crippen LogP contribution in [0.4, 0.5) is 5.82 Å². The van der Waals surface area contributed by atoms with Crippen molar-refractivity contribution in [3.05, 3.63) is 34.6 Å². The summed E-state index contributed by atoms with van der Waals surface area (Å²) in [6.07, 6.45) is 1.36. The number of aromatic nitrogens is 4. The minimum Gasteiger partial charge on any atom is -0.382 e. The molecule has 3 rings (SSSR count). The third-order valence-corrected chi connectivity index (χ3v) is 3.15. The van der Waals surface area contributed by atoms with E-state index in [2.05, 4.69) is 19.9 Å². The van der Waals surface area contributed by atoms with Gasteiger partial charge in [-0.3, -0.25) is 0 Å². The highest BCUT2D eigenvalue weighted by Crippen LogP contribution is 2.33. The predicted molar refractivity (Wildman–Crippen MR) is 71.6 cm³/mol. The summed E-state index contributed by atoms with van der Waals surface area (Å²) in [5, 5.41) is 1.01. The second kappa shape index (κ2) is 4.12. The first-order valence-corrected chi connectivity index (χ1v) is 5.83. The van der Waals surface area contributed by atoms with Gasteiger partial charge in [0.05, 0.1) is 15.6 Å². The van der Waals surface area contributed by atoms with Crippen LogP contribution in [0.15, 0.2) is 24.5 Å². The van der Waals surface area contributed by atoms with E-state index in [0.717, 1.165) is 0 Å². The van der Waals surface area contributed by atoms with Crippen LogP contribution in [0.5, 0.6) is 0 Å². The van der Waals surface area contributed by atoms with Crippen LogP contribution < -0.4 is 5.73 Å². The summed E-state index contributed by atoms with van der Waals surface area (Å²) in [6, 6.07) is 5.25.